The topological polar surface area (TPSA) is 51.2 Å². The zero-order valence-corrected chi connectivity index (χ0v) is 12.0. The molecule has 0 saturated heterocycles. The second-order valence-corrected chi connectivity index (χ2v) is 4.93. The first kappa shape index (κ1) is 14.8. The average molecular weight is 268 g/mol. The summed E-state index contributed by atoms with van der Waals surface area (Å²) < 4.78 is 4.68. The molecule has 0 bridgehead atoms. The molecule has 4 nitrogen and oxygen atoms in total. The highest BCUT2D eigenvalue weighted by molar-refractivity contribution is 7.98. The van der Waals surface area contributed by atoms with Crippen molar-refractivity contribution in [3.8, 4) is 0 Å². The second kappa shape index (κ2) is 7.97. The fourth-order valence-corrected chi connectivity index (χ4v) is 2.07. The fourth-order valence-electron chi connectivity index (χ4n) is 1.57. The lowest BCUT2D eigenvalue weighted by molar-refractivity contribution is 0.0599. The minimum Gasteiger partial charge on any atom is -0.465 e. The highest BCUT2D eigenvalue weighted by atomic mass is 32.2. The summed E-state index contributed by atoms with van der Waals surface area (Å²) in [5.74, 6) is 1.66. The summed E-state index contributed by atoms with van der Waals surface area (Å²) in [6, 6.07) is 3.56. The molecule has 0 fully saturated rings. The van der Waals surface area contributed by atoms with Gasteiger partial charge in [-0.1, -0.05) is 0 Å². The zero-order valence-electron chi connectivity index (χ0n) is 11.2. The van der Waals surface area contributed by atoms with Crippen molar-refractivity contribution in [3.05, 3.63) is 23.4 Å². The van der Waals surface area contributed by atoms with Crippen LogP contribution in [0, 0.1) is 6.92 Å². The molecule has 1 heterocycles. The summed E-state index contributed by atoms with van der Waals surface area (Å²) in [4.78, 5) is 15.7. The minimum atomic E-state index is -0.341. The number of pyridine rings is 1. The van der Waals surface area contributed by atoms with Crippen LogP contribution in [0.25, 0.3) is 0 Å². The average Bonchev–Trinajstić information content (AvgIpc) is 2.38. The van der Waals surface area contributed by atoms with Crippen molar-refractivity contribution in [2.24, 2.45) is 0 Å². The lowest BCUT2D eigenvalue weighted by atomic mass is 10.2. The Morgan fingerprint density at radius 3 is 2.83 bits per heavy atom. The molecule has 0 aromatic carbocycles. The Morgan fingerprint density at radius 2 is 2.22 bits per heavy atom. The van der Waals surface area contributed by atoms with Crippen LogP contribution in [0.2, 0.25) is 0 Å². The number of hydrogen-bond donors (Lipinski definition) is 1. The summed E-state index contributed by atoms with van der Waals surface area (Å²) in [7, 11) is 1.37. The van der Waals surface area contributed by atoms with Crippen LogP contribution in [-0.2, 0) is 4.74 Å². The van der Waals surface area contributed by atoms with E-state index in [-0.39, 0.29) is 5.97 Å². The van der Waals surface area contributed by atoms with Crippen molar-refractivity contribution >= 4 is 23.5 Å². The number of aryl methyl sites for hydroxylation is 1. The number of methoxy groups -OCH3 is 1. The predicted molar refractivity (Wildman–Crippen MR) is 76.4 cm³/mol. The van der Waals surface area contributed by atoms with E-state index in [9.17, 15) is 4.79 Å². The molecule has 100 valence electrons. The van der Waals surface area contributed by atoms with Crippen LogP contribution >= 0.6 is 11.8 Å². The van der Waals surface area contributed by atoms with Gasteiger partial charge in [0, 0.05) is 6.54 Å². The molecule has 1 rings (SSSR count). The SMILES string of the molecule is COC(=O)c1ccc(NCCCCSC)nc1C. The van der Waals surface area contributed by atoms with E-state index in [2.05, 4.69) is 21.3 Å². The molecule has 0 aliphatic rings. The molecule has 0 spiro atoms. The van der Waals surface area contributed by atoms with Gasteiger partial charge in [0.15, 0.2) is 0 Å². The zero-order chi connectivity index (χ0) is 13.4. The summed E-state index contributed by atoms with van der Waals surface area (Å²) in [5, 5.41) is 3.26. The van der Waals surface area contributed by atoms with Crippen LogP contribution < -0.4 is 5.32 Å². The van der Waals surface area contributed by atoms with Gasteiger partial charge in [-0.15, -0.1) is 0 Å². The van der Waals surface area contributed by atoms with Gasteiger partial charge in [0.2, 0.25) is 0 Å². The maximum absolute atomic E-state index is 11.4. The Kier molecular flexibility index (Phi) is 6.57. The highest BCUT2D eigenvalue weighted by Crippen LogP contribution is 2.11. The molecule has 0 unspecified atom stereocenters. The van der Waals surface area contributed by atoms with Crippen molar-refractivity contribution in [1.29, 1.82) is 0 Å². The van der Waals surface area contributed by atoms with Crippen molar-refractivity contribution in [1.82, 2.24) is 4.98 Å². The maximum Gasteiger partial charge on any atom is 0.339 e. The number of thioether (sulfide) groups is 1. The first-order valence-electron chi connectivity index (χ1n) is 5.97. The number of esters is 1. The molecule has 0 saturated carbocycles. The third-order valence-corrected chi connectivity index (χ3v) is 3.27. The predicted octanol–water partition coefficient (Wildman–Crippen LogP) is 2.73. The standard InChI is InChI=1S/C13H20N2O2S/c1-10-11(13(16)17-2)6-7-12(15-10)14-8-4-5-9-18-3/h6-7H,4-5,8-9H2,1-3H3,(H,14,15). The largest absolute Gasteiger partial charge is 0.465 e. The van der Waals surface area contributed by atoms with E-state index in [1.807, 2.05) is 24.8 Å². The van der Waals surface area contributed by atoms with Crippen LogP contribution in [0.15, 0.2) is 12.1 Å². The van der Waals surface area contributed by atoms with Crippen molar-refractivity contribution in [2.45, 2.75) is 19.8 Å². The molecule has 1 N–H and O–H groups in total. The number of ether oxygens (including phenoxy) is 1. The van der Waals surface area contributed by atoms with Gasteiger partial charge < -0.3 is 10.1 Å². The lowest BCUT2D eigenvalue weighted by Gasteiger charge is -2.08. The van der Waals surface area contributed by atoms with Gasteiger partial charge in [-0.25, -0.2) is 9.78 Å². The number of nitrogens with one attached hydrogen (secondary N) is 1. The fraction of sp³-hybridized carbons (Fsp3) is 0.538. The van der Waals surface area contributed by atoms with E-state index in [1.165, 1.54) is 19.3 Å². The van der Waals surface area contributed by atoms with Gasteiger partial charge >= 0.3 is 5.97 Å². The molecule has 18 heavy (non-hydrogen) atoms. The maximum atomic E-state index is 11.4. The van der Waals surface area contributed by atoms with Crippen LogP contribution in [0.1, 0.15) is 28.9 Å². The molecular formula is C13H20N2O2S. The van der Waals surface area contributed by atoms with Crippen LogP contribution in [0.5, 0.6) is 0 Å². The number of aromatic nitrogens is 1. The number of carbonyl (C=O) groups excluding carboxylic acids is 1. The summed E-state index contributed by atoms with van der Waals surface area (Å²) >= 11 is 1.86. The van der Waals surface area contributed by atoms with Gasteiger partial charge in [0.1, 0.15) is 5.82 Å². The molecule has 0 radical (unpaired) electrons. The Hall–Kier alpha value is -1.23. The number of unbranched alkanes of at least 4 members (excludes halogenated alkanes) is 1. The van der Waals surface area contributed by atoms with Gasteiger partial charge in [-0.2, -0.15) is 11.8 Å². The van der Waals surface area contributed by atoms with Gasteiger partial charge in [0.05, 0.1) is 18.4 Å². The van der Waals surface area contributed by atoms with E-state index in [0.717, 1.165) is 18.8 Å². The summed E-state index contributed by atoms with van der Waals surface area (Å²) in [5.41, 5.74) is 1.21. The van der Waals surface area contributed by atoms with Crippen LogP contribution in [-0.4, -0.2) is 36.6 Å². The monoisotopic (exact) mass is 268 g/mol. The van der Waals surface area contributed by atoms with Crippen molar-refractivity contribution in [2.75, 3.05) is 31.0 Å². The number of anilines is 1. The lowest BCUT2D eigenvalue weighted by Crippen LogP contribution is -2.08. The van der Waals surface area contributed by atoms with Gasteiger partial charge in [0.25, 0.3) is 0 Å². The van der Waals surface area contributed by atoms with E-state index < -0.39 is 0 Å². The number of nitrogens with zero attached hydrogens (tertiary/aromatic N) is 1. The molecule has 0 atom stereocenters. The molecule has 1 aromatic heterocycles. The first-order chi connectivity index (χ1) is 8.69. The number of rotatable bonds is 7. The molecular weight excluding hydrogens is 248 g/mol. The van der Waals surface area contributed by atoms with E-state index in [1.54, 1.807) is 6.07 Å². The quantitative estimate of drug-likeness (QED) is 0.608. The van der Waals surface area contributed by atoms with Crippen LogP contribution in [0.3, 0.4) is 0 Å². The molecule has 0 aliphatic heterocycles. The van der Waals surface area contributed by atoms with E-state index in [0.29, 0.717) is 11.3 Å². The number of carbonyl (C=O) groups is 1. The molecule has 1 aromatic rings. The van der Waals surface area contributed by atoms with Crippen molar-refractivity contribution in [3.63, 3.8) is 0 Å². The smallest absolute Gasteiger partial charge is 0.339 e. The van der Waals surface area contributed by atoms with Crippen LogP contribution in [0.4, 0.5) is 5.82 Å². The van der Waals surface area contributed by atoms with Gasteiger partial charge in [-0.3, -0.25) is 0 Å². The third kappa shape index (κ3) is 4.56. The Labute approximate surface area is 113 Å². The normalized spacial score (nSPS) is 10.2. The molecule has 0 amide bonds. The van der Waals surface area contributed by atoms with E-state index >= 15 is 0 Å². The first-order valence-corrected chi connectivity index (χ1v) is 7.37. The Morgan fingerprint density at radius 1 is 1.44 bits per heavy atom. The van der Waals surface area contributed by atoms with E-state index in [4.69, 9.17) is 0 Å². The molecule has 0 aliphatic carbocycles. The minimum absolute atomic E-state index is 0.341. The summed E-state index contributed by atoms with van der Waals surface area (Å²) in [6.07, 6.45) is 4.44. The second-order valence-electron chi connectivity index (χ2n) is 3.95. The van der Waals surface area contributed by atoms with Crippen molar-refractivity contribution < 1.29 is 9.53 Å². The number of hydrogen-bond acceptors (Lipinski definition) is 5. The Bertz CT molecular complexity index is 397. The third-order valence-electron chi connectivity index (χ3n) is 2.57. The Balaban J connectivity index is 2.49. The highest BCUT2D eigenvalue weighted by Gasteiger charge is 2.10. The summed E-state index contributed by atoms with van der Waals surface area (Å²) in [6.45, 7) is 2.72. The molecule has 5 heteroatoms. The van der Waals surface area contributed by atoms with Gasteiger partial charge in [-0.05, 0) is 43.9 Å².